The third kappa shape index (κ3) is 1.03. The van der Waals surface area contributed by atoms with Crippen molar-refractivity contribution in [2.24, 2.45) is 0 Å². The highest BCUT2D eigenvalue weighted by Gasteiger charge is 2.31. The molecule has 1 aliphatic rings. The Balaban J connectivity index is 2.49. The highest BCUT2D eigenvalue weighted by Crippen LogP contribution is 2.07. The molecule has 1 rings (SSSR count). The summed E-state index contributed by atoms with van der Waals surface area (Å²) in [5, 5.41) is 12.1. The van der Waals surface area contributed by atoms with Crippen molar-refractivity contribution in [3.8, 4) is 10.8 Å². The van der Waals surface area contributed by atoms with Gasteiger partial charge in [-0.2, -0.15) is 0 Å². The van der Waals surface area contributed by atoms with Gasteiger partial charge in [-0.3, -0.25) is 0 Å². The van der Waals surface area contributed by atoms with Gasteiger partial charge in [0.15, 0.2) is 5.60 Å². The van der Waals surface area contributed by atoms with Gasteiger partial charge < -0.3 is 10.4 Å². The third-order valence-electron chi connectivity index (χ3n) is 1.11. The summed E-state index contributed by atoms with van der Waals surface area (Å²) in [5.41, 5.74) is -0.747. The van der Waals surface area contributed by atoms with Crippen LogP contribution in [0.15, 0.2) is 0 Å². The Morgan fingerprint density at radius 2 is 2.25 bits per heavy atom. The predicted molar refractivity (Wildman–Crippen MR) is 34.5 cm³/mol. The molecule has 0 atom stereocenters. The van der Waals surface area contributed by atoms with E-state index in [2.05, 4.69) is 32.0 Å². The molecule has 0 spiro atoms. The summed E-state index contributed by atoms with van der Waals surface area (Å²) in [4.78, 5) is 2.48. The first kappa shape index (κ1) is 6.09. The van der Waals surface area contributed by atoms with Gasteiger partial charge in [0.1, 0.15) is 0 Å². The van der Waals surface area contributed by atoms with Gasteiger partial charge in [-0.25, -0.2) is 0 Å². The Kier molecular flexibility index (Phi) is 1.57. The van der Waals surface area contributed by atoms with Crippen molar-refractivity contribution in [2.75, 3.05) is 13.1 Å². The highest BCUT2D eigenvalue weighted by atomic mass is 79.9. The van der Waals surface area contributed by atoms with Crippen LogP contribution in [0, 0.1) is 10.8 Å². The van der Waals surface area contributed by atoms with Crippen LogP contribution >= 0.6 is 15.9 Å². The molecule has 8 heavy (non-hydrogen) atoms. The average Bonchev–Trinajstić information content (AvgIpc) is 1.64. The van der Waals surface area contributed by atoms with Crippen LogP contribution < -0.4 is 5.32 Å². The first-order valence-corrected chi connectivity index (χ1v) is 3.12. The lowest BCUT2D eigenvalue weighted by atomic mass is 9.99. The minimum Gasteiger partial charge on any atom is -0.375 e. The van der Waals surface area contributed by atoms with Gasteiger partial charge in [0, 0.05) is 29.0 Å². The van der Waals surface area contributed by atoms with E-state index >= 15 is 0 Å². The van der Waals surface area contributed by atoms with Crippen LogP contribution in [0.4, 0.5) is 0 Å². The fourth-order valence-electron chi connectivity index (χ4n) is 0.538. The molecule has 3 heteroatoms. The normalized spacial score (nSPS) is 22.8. The van der Waals surface area contributed by atoms with E-state index in [9.17, 15) is 0 Å². The van der Waals surface area contributed by atoms with E-state index in [0.717, 1.165) is 0 Å². The summed E-state index contributed by atoms with van der Waals surface area (Å²) in [6, 6.07) is 0. The van der Waals surface area contributed by atoms with Crippen LogP contribution in [0.5, 0.6) is 0 Å². The largest absolute Gasteiger partial charge is 0.375 e. The van der Waals surface area contributed by atoms with Crippen molar-refractivity contribution < 1.29 is 5.11 Å². The van der Waals surface area contributed by atoms with Gasteiger partial charge in [-0.05, 0) is 4.83 Å². The van der Waals surface area contributed by atoms with Crippen LogP contribution in [0.2, 0.25) is 0 Å². The van der Waals surface area contributed by atoms with Crippen molar-refractivity contribution in [3.63, 3.8) is 0 Å². The number of hydrogen-bond donors (Lipinski definition) is 2. The summed E-state index contributed by atoms with van der Waals surface area (Å²) >= 11 is 2.91. The molecular formula is C5H6BrNO. The van der Waals surface area contributed by atoms with Crippen LogP contribution in [0.25, 0.3) is 0 Å². The second kappa shape index (κ2) is 2.06. The number of aliphatic hydroxyl groups is 1. The maximum absolute atomic E-state index is 9.14. The Hall–Kier alpha value is -0.0400. The fourth-order valence-corrected chi connectivity index (χ4v) is 0.907. The maximum Gasteiger partial charge on any atom is 0.150 e. The van der Waals surface area contributed by atoms with Crippen LogP contribution in [0.1, 0.15) is 0 Å². The summed E-state index contributed by atoms with van der Waals surface area (Å²) in [7, 11) is 0. The molecule has 0 aliphatic carbocycles. The van der Waals surface area contributed by atoms with Gasteiger partial charge >= 0.3 is 0 Å². The van der Waals surface area contributed by atoms with Crippen molar-refractivity contribution in [1.82, 2.24) is 5.32 Å². The van der Waals surface area contributed by atoms with E-state index in [1.54, 1.807) is 0 Å². The fraction of sp³-hybridized carbons (Fsp3) is 0.600. The van der Waals surface area contributed by atoms with Gasteiger partial charge in [-0.1, -0.05) is 5.92 Å². The molecule has 0 aromatic heterocycles. The van der Waals surface area contributed by atoms with Crippen LogP contribution in [-0.2, 0) is 0 Å². The zero-order valence-corrected chi connectivity index (χ0v) is 5.83. The molecule has 0 radical (unpaired) electrons. The minimum atomic E-state index is -0.747. The van der Waals surface area contributed by atoms with E-state index in [0.29, 0.717) is 13.1 Å². The molecule has 0 unspecified atom stereocenters. The second-order valence-corrected chi connectivity index (χ2v) is 2.25. The molecule has 1 saturated heterocycles. The van der Waals surface area contributed by atoms with Gasteiger partial charge in [0.2, 0.25) is 0 Å². The van der Waals surface area contributed by atoms with Crippen LogP contribution in [-0.4, -0.2) is 23.8 Å². The Morgan fingerprint density at radius 3 is 2.38 bits per heavy atom. The smallest absolute Gasteiger partial charge is 0.150 e. The number of hydrogen-bond acceptors (Lipinski definition) is 2. The molecule has 2 nitrogen and oxygen atoms in total. The second-order valence-electron chi connectivity index (χ2n) is 1.85. The number of nitrogens with one attached hydrogen (secondary N) is 1. The van der Waals surface area contributed by atoms with Gasteiger partial charge in [-0.15, -0.1) is 0 Å². The average molecular weight is 176 g/mol. The zero-order valence-electron chi connectivity index (χ0n) is 4.24. The number of halogens is 1. The van der Waals surface area contributed by atoms with Crippen molar-refractivity contribution in [1.29, 1.82) is 0 Å². The van der Waals surface area contributed by atoms with Crippen molar-refractivity contribution >= 4 is 15.9 Å². The molecular weight excluding hydrogens is 170 g/mol. The molecule has 0 aromatic carbocycles. The molecule has 0 aromatic rings. The van der Waals surface area contributed by atoms with Gasteiger partial charge in [0.05, 0.1) is 0 Å². The van der Waals surface area contributed by atoms with E-state index in [-0.39, 0.29) is 0 Å². The van der Waals surface area contributed by atoms with Crippen molar-refractivity contribution in [2.45, 2.75) is 5.60 Å². The molecule has 0 bridgehead atoms. The van der Waals surface area contributed by atoms with E-state index in [4.69, 9.17) is 5.11 Å². The molecule has 1 heterocycles. The maximum atomic E-state index is 9.14. The Labute approximate surface area is 56.4 Å². The van der Waals surface area contributed by atoms with E-state index in [1.165, 1.54) is 0 Å². The Morgan fingerprint density at radius 1 is 1.62 bits per heavy atom. The number of β-amino-alcohol motifs (C(OH)–C–C–N with tert-alkyl or cyclic N) is 1. The molecule has 0 saturated carbocycles. The molecule has 1 aliphatic heterocycles. The summed E-state index contributed by atoms with van der Waals surface area (Å²) in [6.07, 6.45) is 0. The first-order chi connectivity index (χ1) is 3.77. The third-order valence-corrected chi connectivity index (χ3v) is 1.31. The lowest BCUT2D eigenvalue weighted by Crippen LogP contribution is -2.58. The topological polar surface area (TPSA) is 32.3 Å². The molecule has 2 N–H and O–H groups in total. The molecule has 1 fully saturated rings. The van der Waals surface area contributed by atoms with Crippen molar-refractivity contribution in [3.05, 3.63) is 0 Å². The standard InChI is InChI=1S/C5H6BrNO/c6-2-1-5(8)3-7-4-5/h7-8H,3-4H2. The predicted octanol–water partition coefficient (Wildman–Crippen LogP) is -0.324. The molecule has 0 amide bonds. The highest BCUT2D eigenvalue weighted by molar-refractivity contribution is 9.12. The number of rotatable bonds is 0. The summed E-state index contributed by atoms with van der Waals surface area (Å²) in [5.74, 6) is 2.62. The SMILES string of the molecule is OC1(C#CBr)CNC1. The van der Waals surface area contributed by atoms with E-state index < -0.39 is 5.60 Å². The summed E-state index contributed by atoms with van der Waals surface area (Å²) < 4.78 is 0. The van der Waals surface area contributed by atoms with Gasteiger partial charge in [0.25, 0.3) is 0 Å². The molecule has 44 valence electrons. The Bertz CT molecular complexity index is 142. The lowest BCUT2D eigenvalue weighted by molar-refractivity contribution is 0.0474. The zero-order chi connectivity index (χ0) is 6.04. The quantitative estimate of drug-likeness (QED) is 0.495. The van der Waals surface area contributed by atoms with E-state index in [1.807, 2.05) is 0 Å². The summed E-state index contributed by atoms with van der Waals surface area (Å²) in [6.45, 7) is 1.18. The minimum absolute atomic E-state index is 0.589. The van der Waals surface area contributed by atoms with Crippen LogP contribution in [0.3, 0.4) is 0 Å². The monoisotopic (exact) mass is 175 g/mol. The first-order valence-electron chi connectivity index (χ1n) is 2.33. The lowest BCUT2D eigenvalue weighted by Gasteiger charge is -2.32.